The molecular formula is C14H12IN3O. The van der Waals surface area contributed by atoms with Crippen LogP contribution in [-0.4, -0.2) is 17.0 Å². The van der Waals surface area contributed by atoms with Crippen LogP contribution < -0.4 is 5.32 Å². The van der Waals surface area contributed by atoms with Gasteiger partial charge in [0, 0.05) is 18.6 Å². The summed E-state index contributed by atoms with van der Waals surface area (Å²) in [6.07, 6.45) is 1.82. The Balaban J connectivity index is 2.27. The number of fused-ring (bicyclic) bond motifs is 1. The van der Waals surface area contributed by atoms with Crippen molar-refractivity contribution in [3.63, 3.8) is 0 Å². The molecule has 0 amide bonds. The van der Waals surface area contributed by atoms with Gasteiger partial charge in [-0.25, -0.2) is 9.97 Å². The number of aromatic nitrogens is 2. The number of nitrogens with one attached hydrogen (secondary N) is 1. The number of anilines is 1. The van der Waals surface area contributed by atoms with E-state index in [2.05, 4.69) is 37.9 Å². The molecule has 5 heteroatoms. The Morgan fingerprint density at radius 2 is 2.05 bits per heavy atom. The number of benzene rings is 1. The Kier molecular flexibility index (Phi) is 3.14. The smallest absolute Gasteiger partial charge is 0.165 e. The summed E-state index contributed by atoms with van der Waals surface area (Å²) in [5.41, 5.74) is 1.83. The molecule has 0 fully saturated rings. The van der Waals surface area contributed by atoms with Crippen molar-refractivity contribution in [2.24, 2.45) is 0 Å². The molecule has 0 bridgehead atoms. The van der Waals surface area contributed by atoms with Gasteiger partial charge in [0.05, 0.1) is 9.13 Å². The number of halogens is 1. The standard InChI is InChI=1S/C14H12IN3O/c1-8-12(9-5-3-4-6-11(9)19-8)14-17-7-10(15)13(16-2)18-14/h3-7H,1-2H3,(H,16,17,18). The molecule has 0 unspecified atom stereocenters. The molecule has 3 aromatic rings. The lowest BCUT2D eigenvalue weighted by molar-refractivity contribution is 0.579. The van der Waals surface area contributed by atoms with Crippen LogP contribution in [0.4, 0.5) is 5.82 Å². The van der Waals surface area contributed by atoms with Gasteiger partial charge in [-0.1, -0.05) is 18.2 Å². The summed E-state index contributed by atoms with van der Waals surface area (Å²) >= 11 is 2.21. The topological polar surface area (TPSA) is 51.0 Å². The highest BCUT2D eigenvalue weighted by molar-refractivity contribution is 14.1. The fourth-order valence-corrected chi connectivity index (χ4v) is 2.64. The van der Waals surface area contributed by atoms with E-state index in [4.69, 9.17) is 4.42 Å². The Bertz CT molecular complexity index is 752. The number of furan rings is 1. The van der Waals surface area contributed by atoms with Gasteiger partial charge < -0.3 is 9.73 Å². The lowest BCUT2D eigenvalue weighted by atomic mass is 10.1. The molecule has 2 aromatic heterocycles. The summed E-state index contributed by atoms with van der Waals surface area (Å²) in [7, 11) is 1.86. The predicted molar refractivity (Wildman–Crippen MR) is 84.2 cm³/mol. The van der Waals surface area contributed by atoms with Gasteiger partial charge in [-0.15, -0.1) is 0 Å². The third-order valence-corrected chi connectivity index (χ3v) is 3.77. The van der Waals surface area contributed by atoms with Crippen LogP contribution in [0.15, 0.2) is 34.9 Å². The first-order valence-corrected chi connectivity index (χ1v) is 6.97. The first kappa shape index (κ1) is 12.4. The van der Waals surface area contributed by atoms with Gasteiger partial charge in [-0.2, -0.15) is 0 Å². The fraction of sp³-hybridized carbons (Fsp3) is 0.143. The van der Waals surface area contributed by atoms with Crippen LogP contribution in [0, 0.1) is 10.5 Å². The molecule has 19 heavy (non-hydrogen) atoms. The minimum Gasteiger partial charge on any atom is -0.461 e. The lowest BCUT2D eigenvalue weighted by Gasteiger charge is -2.05. The number of aryl methyl sites for hydroxylation is 1. The highest BCUT2D eigenvalue weighted by Crippen LogP contribution is 2.33. The SMILES string of the molecule is CNc1nc(-c2c(C)oc3ccccc23)ncc1I. The molecule has 1 N–H and O–H groups in total. The van der Waals surface area contributed by atoms with Gasteiger partial charge >= 0.3 is 0 Å². The van der Waals surface area contributed by atoms with Crippen LogP contribution in [0.1, 0.15) is 5.76 Å². The van der Waals surface area contributed by atoms with Crippen molar-refractivity contribution in [1.29, 1.82) is 0 Å². The zero-order chi connectivity index (χ0) is 13.4. The number of para-hydroxylation sites is 1. The third kappa shape index (κ3) is 2.07. The van der Waals surface area contributed by atoms with Crippen LogP contribution in [0.3, 0.4) is 0 Å². The number of rotatable bonds is 2. The average molecular weight is 365 g/mol. The van der Waals surface area contributed by atoms with Crippen LogP contribution >= 0.6 is 22.6 Å². The summed E-state index contributed by atoms with van der Waals surface area (Å²) in [6.45, 7) is 1.94. The van der Waals surface area contributed by atoms with Gasteiger partial charge in [-0.3, -0.25) is 0 Å². The molecule has 0 radical (unpaired) electrons. The van der Waals surface area contributed by atoms with E-state index in [9.17, 15) is 0 Å². The molecule has 0 aliphatic heterocycles. The number of nitrogens with zero attached hydrogens (tertiary/aromatic N) is 2. The van der Waals surface area contributed by atoms with Gasteiger partial charge in [0.1, 0.15) is 17.2 Å². The van der Waals surface area contributed by atoms with E-state index in [0.717, 1.165) is 31.7 Å². The van der Waals surface area contributed by atoms with Crippen LogP contribution in [0.25, 0.3) is 22.4 Å². The van der Waals surface area contributed by atoms with E-state index in [-0.39, 0.29) is 0 Å². The molecule has 0 saturated carbocycles. The molecular weight excluding hydrogens is 353 g/mol. The van der Waals surface area contributed by atoms with Gasteiger partial charge in [0.2, 0.25) is 0 Å². The second-order valence-corrected chi connectivity index (χ2v) is 5.33. The van der Waals surface area contributed by atoms with E-state index in [0.29, 0.717) is 5.82 Å². The Morgan fingerprint density at radius 3 is 2.84 bits per heavy atom. The quantitative estimate of drug-likeness (QED) is 0.701. The molecule has 3 rings (SSSR count). The van der Waals surface area contributed by atoms with Crippen molar-refractivity contribution in [3.05, 3.63) is 39.8 Å². The largest absolute Gasteiger partial charge is 0.461 e. The number of hydrogen-bond acceptors (Lipinski definition) is 4. The molecule has 0 spiro atoms. The zero-order valence-electron chi connectivity index (χ0n) is 10.6. The predicted octanol–water partition coefficient (Wildman–Crippen LogP) is 3.84. The molecule has 4 nitrogen and oxygen atoms in total. The maximum Gasteiger partial charge on any atom is 0.165 e. The number of hydrogen-bond donors (Lipinski definition) is 1. The minimum atomic E-state index is 0.687. The maximum absolute atomic E-state index is 5.75. The summed E-state index contributed by atoms with van der Waals surface area (Å²) in [6, 6.07) is 7.94. The molecule has 0 aliphatic carbocycles. The van der Waals surface area contributed by atoms with Gasteiger partial charge in [0.25, 0.3) is 0 Å². The Hall–Kier alpha value is -1.63. The van der Waals surface area contributed by atoms with Crippen molar-refractivity contribution < 1.29 is 4.42 Å². The zero-order valence-corrected chi connectivity index (χ0v) is 12.7. The van der Waals surface area contributed by atoms with Crippen molar-refractivity contribution >= 4 is 39.4 Å². The molecule has 0 saturated heterocycles. The second-order valence-electron chi connectivity index (χ2n) is 4.17. The highest BCUT2D eigenvalue weighted by atomic mass is 127. The summed E-state index contributed by atoms with van der Waals surface area (Å²) in [4.78, 5) is 8.98. The van der Waals surface area contributed by atoms with E-state index < -0.39 is 0 Å². The van der Waals surface area contributed by atoms with Gasteiger partial charge in [-0.05, 0) is 35.6 Å². The van der Waals surface area contributed by atoms with Gasteiger partial charge in [0.15, 0.2) is 5.82 Å². The molecule has 1 aromatic carbocycles. The van der Waals surface area contributed by atoms with Crippen molar-refractivity contribution in [3.8, 4) is 11.4 Å². The molecule has 0 aliphatic rings. The normalized spacial score (nSPS) is 10.9. The first-order chi connectivity index (χ1) is 9.20. The summed E-state index contributed by atoms with van der Waals surface area (Å²) in [5.74, 6) is 2.35. The molecule has 96 valence electrons. The Morgan fingerprint density at radius 1 is 1.26 bits per heavy atom. The van der Waals surface area contributed by atoms with Crippen molar-refractivity contribution in [1.82, 2.24) is 9.97 Å². The summed E-state index contributed by atoms with van der Waals surface area (Å²) < 4.78 is 6.75. The minimum absolute atomic E-state index is 0.687. The monoisotopic (exact) mass is 365 g/mol. The van der Waals surface area contributed by atoms with E-state index >= 15 is 0 Å². The fourth-order valence-electron chi connectivity index (χ4n) is 2.11. The average Bonchev–Trinajstić information content (AvgIpc) is 2.75. The molecule has 2 heterocycles. The van der Waals surface area contributed by atoms with E-state index in [1.54, 1.807) is 0 Å². The second kappa shape index (κ2) is 4.80. The van der Waals surface area contributed by atoms with Crippen molar-refractivity contribution in [2.45, 2.75) is 6.92 Å². The van der Waals surface area contributed by atoms with Crippen LogP contribution in [0.5, 0.6) is 0 Å². The Labute approximate surface area is 124 Å². The van der Waals surface area contributed by atoms with Crippen molar-refractivity contribution in [2.75, 3.05) is 12.4 Å². The van der Waals surface area contributed by atoms with Crippen LogP contribution in [0.2, 0.25) is 0 Å². The first-order valence-electron chi connectivity index (χ1n) is 5.89. The third-order valence-electron chi connectivity index (χ3n) is 2.98. The summed E-state index contributed by atoms with van der Waals surface area (Å²) in [5, 5.41) is 4.12. The highest BCUT2D eigenvalue weighted by Gasteiger charge is 2.16. The van der Waals surface area contributed by atoms with E-state index in [1.165, 1.54) is 0 Å². The molecule has 0 atom stereocenters. The van der Waals surface area contributed by atoms with Crippen LogP contribution in [-0.2, 0) is 0 Å². The lowest BCUT2D eigenvalue weighted by Crippen LogP contribution is -1.99. The van der Waals surface area contributed by atoms with E-state index in [1.807, 2.05) is 44.4 Å². The maximum atomic E-state index is 5.75.